The molecule has 4 heterocycles. The number of rotatable bonds is 10. The highest BCUT2D eigenvalue weighted by Crippen LogP contribution is 2.16. The Morgan fingerprint density at radius 1 is 0.378 bits per heavy atom. The topological polar surface area (TPSA) is 15.5 Å². The Hall–Kier alpha value is -2.24. The third-order valence-electron chi connectivity index (χ3n) is 6.24. The Bertz CT molecular complexity index is 1040. The van der Waals surface area contributed by atoms with Crippen LogP contribution in [0.4, 0.5) is 0 Å². The zero-order valence-corrected chi connectivity index (χ0v) is 24.5. The molecule has 4 rings (SSSR count). The molecule has 0 bridgehead atoms. The van der Waals surface area contributed by atoms with Crippen LogP contribution in [-0.2, 0) is 27.2 Å². The molecule has 4 aromatic heterocycles. The predicted octanol–water partition coefficient (Wildman–Crippen LogP) is -8.09. The number of pyridine rings is 4. The lowest BCUT2D eigenvalue weighted by molar-refractivity contribution is -0.697. The summed E-state index contributed by atoms with van der Waals surface area (Å²) in [5, 5.41) is 0. The molecule has 0 fully saturated rings. The first kappa shape index (κ1) is 34.8. The van der Waals surface area contributed by atoms with E-state index in [0.29, 0.717) is 0 Å². The molecule has 0 amide bonds. The number of aryl methyl sites for hydroxylation is 4. The van der Waals surface area contributed by atoms with Gasteiger partial charge in [0.2, 0.25) is 0 Å². The lowest BCUT2D eigenvalue weighted by Crippen LogP contribution is -3.00. The predicted molar refractivity (Wildman–Crippen MR) is 130 cm³/mol. The molecule has 0 saturated carbocycles. The summed E-state index contributed by atoms with van der Waals surface area (Å²) in [6.45, 7) is 2.19. The standard InChI is InChI=1S/C29H36N4.4ClH/c1-30-18-8-26(9-19-30)28-12-22-32(23-13-28)16-6-4-3-5-7-17-33-24-14-29(15-25-33)27-10-20-31(2)21-11-27;;;;/h8-15,18-25H,3-7,16-17H2,1-2H3;4*1H/q+4;;;;/p-4. The summed E-state index contributed by atoms with van der Waals surface area (Å²) in [5.41, 5.74) is 5.08. The van der Waals surface area contributed by atoms with Gasteiger partial charge < -0.3 is 49.6 Å². The number of aromatic nitrogens is 4. The van der Waals surface area contributed by atoms with E-state index >= 15 is 0 Å². The van der Waals surface area contributed by atoms with Gasteiger partial charge in [0.05, 0.1) is 0 Å². The van der Waals surface area contributed by atoms with E-state index < -0.39 is 0 Å². The van der Waals surface area contributed by atoms with Crippen LogP contribution in [0.5, 0.6) is 0 Å². The van der Waals surface area contributed by atoms with Crippen LogP contribution in [0.3, 0.4) is 0 Å². The summed E-state index contributed by atoms with van der Waals surface area (Å²) in [7, 11) is 4.09. The monoisotopic (exact) mass is 580 g/mol. The first-order valence-corrected chi connectivity index (χ1v) is 12.1. The van der Waals surface area contributed by atoms with Gasteiger partial charge in [-0.15, -0.1) is 0 Å². The highest BCUT2D eigenvalue weighted by atomic mass is 35.5. The van der Waals surface area contributed by atoms with Crippen LogP contribution in [0.1, 0.15) is 32.1 Å². The van der Waals surface area contributed by atoms with Crippen molar-refractivity contribution in [2.45, 2.75) is 45.2 Å². The fraction of sp³-hybridized carbons (Fsp3) is 0.310. The van der Waals surface area contributed by atoms with E-state index in [1.165, 1.54) is 54.4 Å². The molecule has 37 heavy (non-hydrogen) atoms. The summed E-state index contributed by atoms with van der Waals surface area (Å²) < 4.78 is 8.73. The highest BCUT2D eigenvalue weighted by molar-refractivity contribution is 5.61. The van der Waals surface area contributed by atoms with Crippen molar-refractivity contribution in [2.75, 3.05) is 0 Å². The number of unbranched alkanes of at least 4 members (excludes halogenated alkanes) is 4. The number of hydrogen-bond acceptors (Lipinski definition) is 0. The van der Waals surface area contributed by atoms with Crippen molar-refractivity contribution in [1.82, 2.24) is 0 Å². The van der Waals surface area contributed by atoms with E-state index in [4.69, 9.17) is 0 Å². The van der Waals surface area contributed by atoms with Gasteiger partial charge in [0.25, 0.3) is 0 Å². The molecule has 4 nitrogen and oxygen atoms in total. The van der Waals surface area contributed by atoms with Crippen LogP contribution in [0.2, 0.25) is 0 Å². The maximum atomic E-state index is 2.30. The van der Waals surface area contributed by atoms with Gasteiger partial charge in [-0.25, -0.2) is 18.3 Å². The molecule has 0 atom stereocenters. The van der Waals surface area contributed by atoms with Crippen LogP contribution in [0.25, 0.3) is 22.3 Å². The normalized spacial score (nSPS) is 9.78. The van der Waals surface area contributed by atoms with Crippen molar-refractivity contribution in [2.24, 2.45) is 14.1 Å². The summed E-state index contributed by atoms with van der Waals surface area (Å²) in [5.74, 6) is 0. The first-order chi connectivity index (χ1) is 16.2. The number of halogens is 4. The second kappa shape index (κ2) is 18.1. The van der Waals surface area contributed by atoms with E-state index in [-0.39, 0.29) is 49.6 Å². The molecule has 0 spiro atoms. The van der Waals surface area contributed by atoms with E-state index in [2.05, 4.69) is 116 Å². The minimum Gasteiger partial charge on any atom is -1.00 e. The quantitative estimate of drug-likeness (QED) is 0.131. The second-order valence-electron chi connectivity index (χ2n) is 8.92. The molecule has 4 aromatic rings. The van der Waals surface area contributed by atoms with Gasteiger partial charge >= 0.3 is 0 Å². The fourth-order valence-corrected chi connectivity index (χ4v) is 4.10. The summed E-state index contributed by atoms with van der Waals surface area (Å²) >= 11 is 0. The molecule has 0 aliphatic carbocycles. The fourth-order valence-electron chi connectivity index (χ4n) is 4.10. The van der Waals surface area contributed by atoms with Crippen molar-refractivity contribution in [3.63, 3.8) is 0 Å². The molecule has 8 heteroatoms. The third kappa shape index (κ3) is 11.0. The molecular formula is C29H36Cl4N4. The Balaban J connectivity index is 0.00000324. The summed E-state index contributed by atoms with van der Waals surface area (Å²) in [6, 6.07) is 17.5. The van der Waals surface area contributed by atoms with Crippen molar-refractivity contribution in [3.8, 4) is 22.3 Å². The number of hydrogen-bond donors (Lipinski definition) is 0. The van der Waals surface area contributed by atoms with E-state index in [9.17, 15) is 0 Å². The molecule has 0 aliphatic heterocycles. The van der Waals surface area contributed by atoms with Crippen LogP contribution in [0, 0.1) is 0 Å². The van der Waals surface area contributed by atoms with E-state index in [1.54, 1.807) is 0 Å². The van der Waals surface area contributed by atoms with Crippen molar-refractivity contribution in [3.05, 3.63) is 98.1 Å². The first-order valence-electron chi connectivity index (χ1n) is 12.1. The number of nitrogens with zero attached hydrogens (tertiary/aromatic N) is 4. The van der Waals surface area contributed by atoms with Gasteiger partial charge in [-0.05, 0) is 35.1 Å². The minimum atomic E-state index is 0. The molecule has 0 unspecified atom stereocenters. The second-order valence-corrected chi connectivity index (χ2v) is 8.92. The van der Waals surface area contributed by atoms with Gasteiger partial charge in [-0.1, -0.05) is 6.42 Å². The molecule has 0 aromatic carbocycles. The average molecular weight is 582 g/mol. The molecule has 200 valence electrons. The lowest BCUT2D eigenvalue weighted by Gasteiger charge is -2.02. The van der Waals surface area contributed by atoms with E-state index in [1.807, 2.05) is 14.1 Å². The van der Waals surface area contributed by atoms with Crippen molar-refractivity contribution < 1.29 is 67.9 Å². The van der Waals surface area contributed by atoms with Crippen molar-refractivity contribution in [1.29, 1.82) is 0 Å². The molecule has 0 saturated heterocycles. The Morgan fingerprint density at radius 3 is 0.919 bits per heavy atom. The summed E-state index contributed by atoms with van der Waals surface area (Å²) in [6.07, 6.45) is 23.6. The van der Waals surface area contributed by atoms with Gasteiger partial charge in [0.15, 0.2) is 49.6 Å². The molecule has 0 N–H and O–H groups in total. The largest absolute Gasteiger partial charge is 1.00 e. The van der Waals surface area contributed by atoms with Crippen LogP contribution < -0.4 is 67.9 Å². The van der Waals surface area contributed by atoms with Crippen molar-refractivity contribution >= 4 is 0 Å². The highest BCUT2D eigenvalue weighted by Gasteiger charge is 2.06. The average Bonchev–Trinajstić information content (AvgIpc) is 2.85. The van der Waals surface area contributed by atoms with Crippen LogP contribution in [-0.4, -0.2) is 0 Å². The molecule has 0 aliphatic rings. The van der Waals surface area contributed by atoms with Crippen LogP contribution in [0.15, 0.2) is 98.1 Å². The van der Waals surface area contributed by atoms with Gasteiger partial charge in [0, 0.05) is 61.4 Å². The Morgan fingerprint density at radius 2 is 0.622 bits per heavy atom. The molecular weight excluding hydrogens is 546 g/mol. The zero-order chi connectivity index (χ0) is 22.9. The third-order valence-corrected chi connectivity index (χ3v) is 6.24. The van der Waals surface area contributed by atoms with Gasteiger partial charge in [0.1, 0.15) is 27.2 Å². The zero-order valence-electron chi connectivity index (χ0n) is 21.5. The summed E-state index contributed by atoms with van der Waals surface area (Å²) in [4.78, 5) is 0. The maximum Gasteiger partial charge on any atom is 0.169 e. The lowest BCUT2D eigenvalue weighted by atomic mass is 10.1. The maximum absolute atomic E-state index is 2.30. The smallest absolute Gasteiger partial charge is 0.169 e. The van der Waals surface area contributed by atoms with Gasteiger partial charge in [-0.3, -0.25) is 0 Å². The van der Waals surface area contributed by atoms with Crippen LogP contribution >= 0.6 is 0 Å². The van der Waals surface area contributed by atoms with E-state index in [0.717, 1.165) is 13.1 Å². The minimum absolute atomic E-state index is 0. The van der Waals surface area contributed by atoms with Gasteiger partial charge in [-0.2, -0.15) is 0 Å². The Labute approximate surface area is 246 Å². The molecule has 0 radical (unpaired) electrons. The SMILES string of the molecule is C[n+]1ccc(-c2cc[n+](CCCCCCC[n+]3ccc(-c4cc[n+](C)cc4)cc3)cc2)cc1.[Cl-].[Cl-].[Cl-].[Cl-]. The Kier molecular flexibility index (Phi) is 17.0.